The van der Waals surface area contributed by atoms with E-state index in [1.54, 1.807) is 12.1 Å². The Morgan fingerprint density at radius 1 is 1.26 bits per heavy atom. The number of hydrogen-bond acceptors (Lipinski definition) is 4. The van der Waals surface area contributed by atoms with Crippen LogP contribution in [0.4, 0.5) is 5.69 Å². The van der Waals surface area contributed by atoms with Crippen LogP contribution in [0.3, 0.4) is 0 Å². The molecule has 1 aromatic heterocycles. The Morgan fingerprint density at radius 3 is 2.63 bits per heavy atom. The molecule has 2 aromatic rings. The number of benzene rings is 1. The van der Waals surface area contributed by atoms with E-state index in [2.05, 4.69) is 10.5 Å². The molecule has 1 aromatic carbocycles. The molecule has 1 heterocycles. The largest absolute Gasteiger partial charge is 0.398 e. The highest BCUT2D eigenvalue weighted by molar-refractivity contribution is 5.96. The number of nitrogens with two attached hydrogens (primary N) is 1. The maximum atomic E-state index is 12.1. The van der Waals surface area contributed by atoms with E-state index in [1.165, 1.54) is 0 Å². The number of amides is 1. The lowest BCUT2D eigenvalue weighted by Crippen LogP contribution is -2.23. The van der Waals surface area contributed by atoms with Crippen molar-refractivity contribution in [1.82, 2.24) is 10.5 Å². The molecule has 3 N–H and O–H groups in total. The number of nitrogen functional groups attached to an aromatic ring is 1. The van der Waals surface area contributed by atoms with Gasteiger partial charge in [0.2, 0.25) is 0 Å². The molecular formula is C14H17N3O2. The second kappa shape index (κ2) is 5.14. The van der Waals surface area contributed by atoms with E-state index in [0.717, 1.165) is 16.8 Å². The van der Waals surface area contributed by atoms with Gasteiger partial charge in [-0.1, -0.05) is 11.2 Å². The van der Waals surface area contributed by atoms with Crippen molar-refractivity contribution in [3.63, 3.8) is 0 Å². The minimum absolute atomic E-state index is 0.168. The zero-order chi connectivity index (χ0) is 14.0. The van der Waals surface area contributed by atoms with Crippen molar-refractivity contribution in [2.45, 2.75) is 27.3 Å². The number of aryl methyl sites for hydroxylation is 3. The smallest absolute Gasteiger partial charge is 0.252 e. The normalized spacial score (nSPS) is 10.5. The van der Waals surface area contributed by atoms with E-state index >= 15 is 0 Å². The first-order chi connectivity index (χ1) is 8.97. The van der Waals surface area contributed by atoms with Crippen LogP contribution in [-0.2, 0) is 6.54 Å². The Balaban J connectivity index is 2.10. The van der Waals surface area contributed by atoms with E-state index in [0.29, 0.717) is 23.6 Å². The standard InChI is InChI=1S/C14H17N3O2/c1-8-4-9(2)13(15)6-12(8)14(18)16-7-11-5-10(3)17-19-11/h4-6H,7,15H2,1-3H3,(H,16,18). The van der Waals surface area contributed by atoms with Crippen LogP contribution in [0.2, 0.25) is 0 Å². The van der Waals surface area contributed by atoms with E-state index in [-0.39, 0.29) is 5.91 Å². The summed E-state index contributed by atoms with van der Waals surface area (Å²) in [5.74, 6) is 0.460. The minimum Gasteiger partial charge on any atom is -0.398 e. The molecule has 19 heavy (non-hydrogen) atoms. The van der Waals surface area contributed by atoms with E-state index < -0.39 is 0 Å². The fraction of sp³-hybridized carbons (Fsp3) is 0.286. The molecule has 2 rings (SSSR count). The molecule has 0 aliphatic carbocycles. The van der Waals surface area contributed by atoms with Crippen molar-refractivity contribution >= 4 is 11.6 Å². The van der Waals surface area contributed by atoms with Crippen LogP contribution < -0.4 is 11.1 Å². The van der Waals surface area contributed by atoms with Crippen LogP contribution in [0.1, 0.15) is 32.9 Å². The van der Waals surface area contributed by atoms with Crippen molar-refractivity contribution in [3.8, 4) is 0 Å². The van der Waals surface area contributed by atoms with E-state index in [1.807, 2.05) is 26.8 Å². The predicted molar refractivity (Wildman–Crippen MR) is 72.7 cm³/mol. The van der Waals surface area contributed by atoms with Crippen LogP contribution >= 0.6 is 0 Å². The Kier molecular flexibility index (Phi) is 3.55. The van der Waals surface area contributed by atoms with Gasteiger partial charge in [0.25, 0.3) is 5.91 Å². The molecular weight excluding hydrogens is 242 g/mol. The Bertz CT molecular complexity index is 617. The Labute approximate surface area is 111 Å². The van der Waals surface area contributed by atoms with Crippen LogP contribution in [0, 0.1) is 20.8 Å². The average Bonchev–Trinajstić information content (AvgIpc) is 2.77. The van der Waals surface area contributed by atoms with E-state index in [9.17, 15) is 4.79 Å². The van der Waals surface area contributed by atoms with Crippen LogP contribution in [0.25, 0.3) is 0 Å². The van der Waals surface area contributed by atoms with Crippen molar-refractivity contribution in [1.29, 1.82) is 0 Å². The van der Waals surface area contributed by atoms with Gasteiger partial charge in [-0.3, -0.25) is 4.79 Å². The fourth-order valence-electron chi connectivity index (χ4n) is 1.88. The molecule has 5 nitrogen and oxygen atoms in total. The van der Waals surface area contributed by atoms with Gasteiger partial charge in [-0.2, -0.15) is 0 Å². The summed E-state index contributed by atoms with van der Waals surface area (Å²) in [5.41, 5.74) is 9.69. The van der Waals surface area contributed by atoms with Gasteiger partial charge in [-0.05, 0) is 38.0 Å². The molecule has 1 amide bonds. The lowest BCUT2D eigenvalue weighted by molar-refractivity contribution is 0.0946. The number of carbonyl (C=O) groups is 1. The fourth-order valence-corrected chi connectivity index (χ4v) is 1.88. The molecule has 100 valence electrons. The van der Waals surface area contributed by atoms with E-state index in [4.69, 9.17) is 10.3 Å². The first-order valence-corrected chi connectivity index (χ1v) is 6.04. The number of nitrogens with zero attached hydrogens (tertiary/aromatic N) is 1. The predicted octanol–water partition coefficient (Wildman–Crippen LogP) is 2.11. The summed E-state index contributed by atoms with van der Waals surface area (Å²) in [6.07, 6.45) is 0. The van der Waals surface area contributed by atoms with Crippen molar-refractivity contribution in [2.24, 2.45) is 0 Å². The molecule has 0 fully saturated rings. The number of carbonyl (C=O) groups excluding carboxylic acids is 1. The highest BCUT2D eigenvalue weighted by Gasteiger charge is 2.11. The molecule has 0 unspecified atom stereocenters. The molecule has 0 saturated heterocycles. The third-order valence-corrected chi connectivity index (χ3v) is 2.96. The quantitative estimate of drug-likeness (QED) is 0.827. The number of anilines is 1. The van der Waals surface area contributed by atoms with Crippen LogP contribution in [0.5, 0.6) is 0 Å². The van der Waals surface area contributed by atoms with Crippen LogP contribution in [-0.4, -0.2) is 11.1 Å². The Morgan fingerprint density at radius 2 is 2.00 bits per heavy atom. The highest BCUT2D eigenvalue weighted by Crippen LogP contribution is 2.17. The Hall–Kier alpha value is -2.30. The number of rotatable bonds is 3. The monoisotopic (exact) mass is 259 g/mol. The maximum Gasteiger partial charge on any atom is 0.252 e. The molecule has 0 aliphatic heterocycles. The van der Waals surface area contributed by atoms with Gasteiger partial charge in [-0.25, -0.2) is 0 Å². The maximum absolute atomic E-state index is 12.1. The summed E-state index contributed by atoms with van der Waals surface area (Å²) in [6.45, 7) is 5.95. The lowest BCUT2D eigenvalue weighted by atomic mass is 10.0. The number of nitrogens with one attached hydrogen (secondary N) is 1. The summed E-state index contributed by atoms with van der Waals surface area (Å²) in [6, 6.07) is 5.39. The minimum atomic E-state index is -0.168. The SMILES string of the molecule is Cc1cc(CNC(=O)c2cc(N)c(C)cc2C)on1. The van der Waals surface area contributed by atoms with Gasteiger partial charge in [0, 0.05) is 17.3 Å². The summed E-state index contributed by atoms with van der Waals surface area (Å²) in [5, 5.41) is 6.55. The van der Waals surface area contributed by atoms with Gasteiger partial charge in [-0.15, -0.1) is 0 Å². The highest BCUT2D eigenvalue weighted by atomic mass is 16.5. The summed E-state index contributed by atoms with van der Waals surface area (Å²) < 4.78 is 5.03. The zero-order valence-electron chi connectivity index (χ0n) is 11.3. The van der Waals surface area contributed by atoms with Gasteiger partial charge < -0.3 is 15.6 Å². The molecule has 0 radical (unpaired) electrons. The summed E-state index contributed by atoms with van der Waals surface area (Å²) in [7, 11) is 0. The second-order valence-electron chi connectivity index (χ2n) is 4.64. The first-order valence-electron chi connectivity index (χ1n) is 6.04. The molecule has 0 atom stereocenters. The van der Waals surface area contributed by atoms with Crippen molar-refractivity contribution in [2.75, 3.05) is 5.73 Å². The number of aromatic nitrogens is 1. The third kappa shape index (κ3) is 2.93. The van der Waals surface area contributed by atoms with Crippen LogP contribution in [0.15, 0.2) is 22.7 Å². The third-order valence-electron chi connectivity index (χ3n) is 2.96. The number of hydrogen-bond donors (Lipinski definition) is 2. The molecule has 0 saturated carbocycles. The van der Waals surface area contributed by atoms with Gasteiger partial charge in [0.15, 0.2) is 5.76 Å². The zero-order valence-corrected chi connectivity index (χ0v) is 11.3. The molecule has 5 heteroatoms. The second-order valence-corrected chi connectivity index (χ2v) is 4.64. The molecule has 0 aliphatic rings. The molecule has 0 spiro atoms. The average molecular weight is 259 g/mol. The topological polar surface area (TPSA) is 81.2 Å². The van der Waals surface area contributed by atoms with Gasteiger partial charge in [0.05, 0.1) is 12.2 Å². The first kappa shape index (κ1) is 13.1. The van der Waals surface area contributed by atoms with Gasteiger partial charge >= 0.3 is 0 Å². The summed E-state index contributed by atoms with van der Waals surface area (Å²) in [4.78, 5) is 12.1. The summed E-state index contributed by atoms with van der Waals surface area (Å²) >= 11 is 0. The van der Waals surface area contributed by atoms with Gasteiger partial charge in [0.1, 0.15) is 0 Å². The van der Waals surface area contributed by atoms with Crippen molar-refractivity contribution < 1.29 is 9.32 Å². The van der Waals surface area contributed by atoms with Crippen molar-refractivity contribution in [3.05, 3.63) is 46.3 Å². The lowest BCUT2D eigenvalue weighted by Gasteiger charge is -2.09. The molecule has 0 bridgehead atoms.